The van der Waals surface area contributed by atoms with Crippen molar-refractivity contribution in [1.29, 1.82) is 0 Å². The summed E-state index contributed by atoms with van der Waals surface area (Å²) in [5.74, 6) is -0.210. The molecule has 2 aromatic heterocycles. The third-order valence-corrected chi connectivity index (χ3v) is 4.09. The summed E-state index contributed by atoms with van der Waals surface area (Å²) in [5.41, 5.74) is 2.33. The molecule has 21 heavy (non-hydrogen) atoms. The Morgan fingerprint density at radius 2 is 2.10 bits per heavy atom. The largest absolute Gasteiger partial charge is 0.336 e. The summed E-state index contributed by atoms with van der Waals surface area (Å²) in [7, 11) is 0. The van der Waals surface area contributed by atoms with E-state index in [1.807, 2.05) is 22.9 Å². The van der Waals surface area contributed by atoms with Gasteiger partial charge in [-0.05, 0) is 40.1 Å². The molecular formula is C16H16FN3S. The van der Waals surface area contributed by atoms with E-state index in [1.165, 1.54) is 17.7 Å². The lowest BCUT2D eigenvalue weighted by Gasteiger charge is -2.19. The summed E-state index contributed by atoms with van der Waals surface area (Å²) in [5, 5.41) is 7.73. The Labute approximate surface area is 127 Å². The first-order chi connectivity index (χ1) is 10.3. The molecule has 0 saturated heterocycles. The summed E-state index contributed by atoms with van der Waals surface area (Å²) in [6.07, 6.45) is 5.49. The number of aromatic nitrogens is 2. The molecule has 1 atom stereocenters. The fourth-order valence-corrected chi connectivity index (χ4v) is 2.89. The van der Waals surface area contributed by atoms with Crippen LogP contribution in [0.25, 0.3) is 0 Å². The van der Waals surface area contributed by atoms with Crippen LogP contribution in [-0.4, -0.2) is 9.55 Å². The van der Waals surface area contributed by atoms with Crippen LogP contribution in [0.2, 0.25) is 0 Å². The minimum absolute atomic E-state index is 0.111. The van der Waals surface area contributed by atoms with Crippen molar-refractivity contribution in [1.82, 2.24) is 14.9 Å². The van der Waals surface area contributed by atoms with Gasteiger partial charge in [-0.1, -0.05) is 12.1 Å². The van der Waals surface area contributed by atoms with Crippen LogP contribution in [0.3, 0.4) is 0 Å². The molecule has 5 heteroatoms. The van der Waals surface area contributed by atoms with Gasteiger partial charge >= 0.3 is 0 Å². The van der Waals surface area contributed by atoms with Crippen molar-refractivity contribution in [2.45, 2.75) is 19.1 Å². The number of hydrogen-bond acceptors (Lipinski definition) is 3. The van der Waals surface area contributed by atoms with Crippen LogP contribution in [0.4, 0.5) is 4.39 Å². The van der Waals surface area contributed by atoms with Crippen LogP contribution in [0.1, 0.15) is 17.2 Å². The molecule has 0 radical (unpaired) electrons. The van der Waals surface area contributed by atoms with Crippen molar-refractivity contribution in [2.75, 3.05) is 0 Å². The minimum atomic E-state index is -0.210. The molecule has 0 bridgehead atoms. The Morgan fingerprint density at radius 3 is 2.76 bits per heavy atom. The summed E-state index contributed by atoms with van der Waals surface area (Å²) >= 11 is 1.69. The van der Waals surface area contributed by atoms with Gasteiger partial charge in [0.1, 0.15) is 5.82 Å². The lowest BCUT2D eigenvalue weighted by molar-refractivity contribution is 0.461. The Bertz CT molecular complexity index is 647. The zero-order valence-electron chi connectivity index (χ0n) is 11.4. The smallest absolute Gasteiger partial charge is 0.123 e. The van der Waals surface area contributed by atoms with Crippen LogP contribution in [0, 0.1) is 5.82 Å². The van der Waals surface area contributed by atoms with E-state index < -0.39 is 0 Å². The highest BCUT2D eigenvalue weighted by Crippen LogP contribution is 2.17. The molecule has 0 aliphatic heterocycles. The molecule has 3 rings (SSSR count). The van der Waals surface area contributed by atoms with E-state index in [1.54, 1.807) is 23.9 Å². The topological polar surface area (TPSA) is 29.9 Å². The highest BCUT2D eigenvalue weighted by Gasteiger charge is 2.12. The predicted molar refractivity (Wildman–Crippen MR) is 82.5 cm³/mol. The monoisotopic (exact) mass is 301 g/mol. The maximum absolute atomic E-state index is 13.1. The molecule has 2 heterocycles. The quantitative estimate of drug-likeness (QED) is 0.753. The average molecular weight is 301 g/mol. The fourth-order valence-electron chi connectivity index (χ4n) is 2.22. The molecule has 1 aromatic carbocycles. The second-order valence-electron chi connectivity index (χ2n) is 4.88. The first-order valence-corrected chi connectivity index (χ1v) is 7.71. The Hall–Kier alpha value is -1.98. The van der Waals surface area contributed by atoms with Gasteiger partial charge in [0.2, 0.25) is 0 Å². The number of benzene rings is 1. The van der Waals surface area contributed by atoms with E-state index in [-0.39, 0.29) is 11.9 Å². The van der Waals surface area contributed by atoms with E-state index in [0.29, 0.717) is 0 Å². The van der Waals surface area contributed by atoms with Gasteiger partial charge in [0.25, 0.3) is 0 Å². The van der Waals surface area contributed by atoms with Gasteiger partial charge in [-0.25, -0.2) is 9.37 Å². The first-order valence-electron chi connectivity index (χ1n) is 6.77. The molecule has 1 N–H and O–H groups in total. The molecule has 0 fully saturated rings. The fraction of sp³-hybridized carbons (Fsp3) is 0.188. The number of imidazole rings is 1. The SMILES string of the molecule is Fc1ccc([C@H](Cn2ccnc2)NCc2ccsc2)cc1. The predicted octanol–water partition coefficient (Wildman–Crippen LogP) is 3.61. The second kappa shape index (κ2) is 6.65. The van der Waals surface area contributed by atoms with Crippen LogP contribution in [0.5, 0.6) is 0 Å². The summed E-state index contributed by atoms with van der Waals surface area (Å²) in [6, 6.07) is 8.89. The number of nitrogens with zero attached hydrogens (tertiary/aromatic N) is 2. The zero-order chi connectivity index (χ0) is 14.5. The lowest BCUT2D eigenvalue weighted by Crippen LogP contribution is -2.24. The first kappa shape index (κ1) is 14.0. The van der Waals surface area contributed by atoms with Crippen LogP contribution >= 0.6 is 11.3 Å². The third kappa shape index (κ3) is 3.77. The Balaban J connectivity index is 1.74. The van der Waals surface area contributed by atoms with E-state index >= 15 is 0 Å². The molecule has 0 aliphatic carbocycles. The lowest BCUT2D eigenvalue weighted by atomic mass is 10.1. The Kier molecular flexibility index (Phi) is 4.43. The van der Waals surface area contributed by atoms with Gasteiger partial charge in [0.05, 0.1) is 12.4 Å². The second-order valence-corrected chi connectivity index (χ2v) is 5.66. The molecule has 3 aromatic rings. The normalized spacial score (nSPS) is 12.4. The molecular weight excluding hydrogens is 285 g/mol. The molecule has 0 saturated carbocycles. The van der Waals surface area contributed by atoms with E-state index in [0.717, 1.165) is 18.7 Å². The maximum atomic E-state index is 13.1. The highest BCUT2D eigenvalue weighted by atomic mass is 32.1. The highest BCUT2D eigenvalue weighted by molar-refractivity contribution is 7.07. The van der Waals surface area contributed by atoms with Crippen molar-refractivity contribution in [2.24, 2.45) is 0 Å². The number of hydrogen-bond donors (Lipinski definition) is 1. The maximum Gasteiger partial charge on any atom is 0.123 e. The molecule has 3 nitrogen and oxygen atoms in total. The van der Waals surface area contributed by atoms with Crippen molar-refractivity contribution in [3.8, 4) is 0 Å². The van der Waals surface area contributed by atoms with Gasteiger partial charge in [0, 0.05) is 25.5 Å². The summed E-state index contributed by atoms with van der Waals surface area (Å²) in [6.45, 7) is 1.55. The van der Waals surface area contributed by atoms with Crippen LogP contribution in [0.15, 0.2) is 59.8 Å². The zero-order valence-corrected chi connectivity index (χ0v) is 12.3. The summed E-state index contributed by atoms with van der Waals surface area (Å²) < 4.78 is 15.1. The molecule has 0 spiro atoms. The average Bonchev–Trinajstić information content (AvgIpc) is 3.18. The van der Waals surface area contributed by atoms with Crippen LogP contribution < -0.4 is 5.32 Å². The standard InChI is InChI=1S/C16H16FN3S/c17-15-3-1-14(2-4-15)16(10-20-7-6-18-12-20)19-9-13-5-8-21-11-13/h1-8,11-12,16,19H,9-10H2/t16-/m0/s1. The number of thiophene rings is 1. The van der Waals surface area contributed by atoms with E-state index in [2.05, 4.69) is 27.1 Å². The van der Waals surface area contributed by atoms with Crippen molar-refractivity contribution >= 4 is 11.3 Å². The van der Waals surface area contributed by atoms with Crippen molar-refractivity contribution in [3.05, 3.63) is 76.8 Å². The van der Waals surface area contributed by atoms with Crippen LogP contribution in [-0.2, 0) is 13.1 Å². The van der Waals surface area contributed by atoms with Crippen molar-refractivity contribution in [3.63, 3.8) is 0 Å². The van der Waals surface area contributed by atoms with Gasteiger partial charge in [0.15, 0.2) is 0 Å². The van der Waals surface area contributed by atoms with Gasteiger partial charge in [-0.2, -0.15) is 11.3 Å². The third-order valence-electron chi connectivity index (χ3n) is 3.36. The Morgan fingerprint density at radius 1 is 1.24 bits per heavy atom. The van der Waals surface area contributed by atoms with Gasteiger partial charge < -0.3 is 9.88 Å². The van der Waals surface area contributed by atoms with Crippen molar-refractivity contribution < 1.29 is 4.39 Å². The molecule has 0 amide bonds. The van der Waals surface area contributed by atoms with E-state index in [4.69, 9.17) is 0 Å². The molecule has 108 valence electrons. The minimum Gasteiger partial charge on any atom is -0.336 e. The molecule has 0 aliphatic rings. The summed E-state index contributed by atoms with van der Waals surface area (Å²) in [4.78, 5) is 4.07. The number of rotatable bonds is 6. The van der Waals surface area contributed by atoms with Gasteiger partial charge in [-0.3, -0.25) is 0 Å². The van der Waals surface area contributed by atoms with E-state index in [9.17, 15) is 4.39 Å². The number of halogens is 1. The molecule has 0 unspecified atom stereocenters. The van der Waals surface area contributed by atoms with Gasteiger partial charge in [-0.15, -0.1) is 0 Å². The number of nitrogens with one attached hydrogen (secondary N) is 1.